The molecule has 0 radical (unpaired) electrons. The third-order valence-electron chi connectivity index (χ3n) is 4.48. The third kappa shape index (κ3) is 6.44. The molecule has 2 rings (SSSR count). The van der Waals surface area contributed by atoms with Gasteiger partial charge >= 0.3 is 0 Å². The lowest BCUT2D eigenvalue weighted by molar-refractivity contribution is -0.141. The lowest BCUT2D eigenvalue weighted by atomic mass is 10.1. The second-order valence-electron chi connectivity index (χ2n) is 7.11. The molecule has 0 aliphatic heterocycles. The normalized spacial score (nSPS) is 12.0. The molecule has 2 aromatic rings. The minimum atomic E-state index is -0.683. The zero-order valence-electron chi connectivity index (χ0n) is 16.7. The van der Waals surface area contributed by atoms with Crippen LogP contribution in [-0.4, -0.2) is 28.8 Å². The average Bonchev–Trinajstić information content (AvgIpc) is 2.65. The first-order valence-electron chi connectivity index (χ1n) is 9.50. The van der Waals surface area contributed by atoms with Crippen LogP contribution in [0.15, 0.2) is 42.5 Å². The van der Waals surface area contributed by atoms with Crippen LogP contribution in [0.4, 0.5) is 4.39 Å². The van der Waals surface area contributed by atoms with E-state index in [1.165, 1.54) is 17.0 Å². The number of amides is 2. The monoisotopic (exact) mass is 438 g/mol. The molecule has 29 heavy (non-hydrogen) atoms. The van der Waals surface area contributed by atoms with Crippen molar-refractivity contribution in [3.8, 4) is 0 Å². The van der Waals surface area contributed by atoms with Gasteiger partial charge in [0.2, 0.25) is 11.8 Å². The van der Waals surface area contributed by atoms with Crippen LogP contribution in [0.25, 0.3) is 0 Å². The molecule has 2 amide bonds. The Hall–Kier alpha value is -2.11. The average molecular weight is 439 g/mol. The molecule has 0 fully saturated rings. The maximum Gasteiger partial charge on any atom is 0.243 e. The number of hydrogen-bond acceptors (Lipinski definition) is 2. The SMILES string of the molecule is CC[C@@H](C(=O)NC(C)C)N(Cc1c(Cl)cccc1Cl)C(=O)Cc1ccc(F)cc1. The summed E-state index contributed by atoms with van der Waals surface area (Å²) in [6.45, 7) is 5.67. The van der Waals surface area contributed by atoms with Crippen molar-refractivity contribution >= 4 is 35.0 Å². The van der Waals surface area contributed by atoms with Gasteiger partial charge in [-0.1, -0.05) is 48.3 Å². The van der Waals surface area contributed by atoms with Crippen LogP contribution in [0.5, 0.6) is 0 Å². The van der Waals surface area contributed by atoms with Crippen LogP contribution in [0.2, 0.25) is 10.0 Å². The topological polar surface area (TPSA) is 49.4 Å². The van der Waals surface area contributed by atoms with Gasteiger partial charge in [0.05, 0.1) is 6.42 Å². The van der Waals surface area contributed by atoms with Crippen molar-refractivity contribution in [2.75, 3.05) is 0 Å². The highest BCUT2D eigenvalue weighted by Gasteiger charge is 2.30. The second-order valence-corrected chi connectivity index (χ2v) is 7.93. The molecule has 156 valence electrons. The Morgan fingerprint density at radius 1 is 1.07 bits per heavy atom. The number of carbonyl (C=O) groups excluding carboxylic acids is 2. The molecule has 0 spiro atoms. The van der Waals surface area contributed by atoms with E-state index < -0.39 is 6.04 Å². The summed E-state index contributed by atoms with van der Waals surface area (Å²) in [7, 11) is 0. The largest absolute Gasteiger partial charge is 0.352 e. The Morgan fingerprint density at radius 3 is 2.17 bits per heavy atom. The van der Waals surface area contributed by atoms with E-state index in [4.69, 9.17) is 23.2 Å². The first-order chi connectivity index (χ1) is 13.7. The highest BCUT2D eigenvalue weighted by Crippen LogP contribution is 2.27. The molecule has 1 atom stereocenters. The molecule has 0 unspecified atom stereocenters. The van der Waals surface area contributed by atoms with E-state index in [0.29, 0.717) is 27.6 Å². The molecular weight excluding hydrogens is 414 g/mol. The number of halogens is 3. The molecule has 0 bridgehead atoms. The maximum absolute atomic E-state index is 13.2. The zero-order chi connectivity index (χ0) is 21.6. The van der Waals surface area contributed by atoms with Gasteiger partial charge in [0.15, 0.2) is 0 Å². The molecule has 0 aromatic heterocycles. The summed E-state index contributed by atoms with van der Waals surface area (Å²) in [5.41, 5.74) is 1.24. The first kappa shape index (κ1) is 23.2. The predicted octanol–water partition coefficient (Wildman–Crippen LogP) is 5.01. The van der Waals surface area contributed by atoms with Crippen molar-refractivity contribution in [2.45, 2.75) is 52.2 Å². The molecule has 1 N–H and O–H groups in total. The maximum atomic E-state index is 13.2. The summed E-state index contributed by atoms with van der Waals surface area (Å²) < 4.78 is 13.2. The number of rotatable bonds is 8. The van der Waals surface area contributed by atoms with Crippen molar-refractivity contribution in [3.05, 3.63) is 69.5 Å². The van der Waals surface area contributed by atoms with Crippen LogP contribution < -0.4 is 5.32 Å². The Labute approximate surface area is 181 Å². The Bertz CT molecular complexity index is 836. The van der Waals surface area contributed by atoms with E-state index in [-0.39, 0.29) is 36.6 Å². The summed E-state index contributed by atoms with van der Waals surface area (Å²) in [4.78, 5) is 27.4. The number of nitrogens with zero attached hydrogens (tertiary/aromatic N) is 1. The highest BCUT2D eigenvalue weighted by molar-refractivity contribution is 6.36. The van der Waals surface area contributed by atoms with Crippen LogP contribution in [0, 0.1) is 5.82 Å². The molecule has 0 saturated carbocycles. The van der Waals surface area contributed by atoms with E-state index in [1.54, 1.807) is 30.3 Å². The fourth-order valence-corrected chi connectivity index (χ4v) is 3.55. The predicted molar refractivity (Wildman–Crippen MR) is 114 cm³/mol. The number of nitrogens with one attached hydrogen (secondary N) is 1. The van der Waals surface area contributed by atoms with Gasteiger partial charge in [0.25, 0.3) is 0 Å². The van der Waals surface area contributed by atoms with Gasteiger partial charge in [-0.15, -0.1) is 0 Å². The molecule has 0 aliphatic rings. The van der Waals surface area contributed by atoms with Crippen LogP contribution in [0.1, 0.15) is 38.3 Å². The first-order valence-corrected chi connectivity index (χ1v) is 10.3. The standard InChI is InChI=1S/C22H25Cl2FN2O2/c1-4-20(22(29)26-14(2)3)27(13-17-18(23)6-5-7-19(17)24)21(28)12-15-8-10-16(25)11-9-15/h5-11,14,20H,4,12-13H2,1-3H3,(H,26,29)/t20-/m0/s1. The van der Waals surface area contributed by atoms with Gasteiger partial charge < -0.3 is 10.2 Å². The van der Waals surface area contributed by atoms with Crippen molar-refractivity contribution in [1.82, 2.24) is 10.2 Å². The summed E-state index contributed by atoms with van der Waals surface area (Å²) in [5.74, 6) is -0.875. The summed E-state index contributed by atoms with van der Waals surface area (Å²) in [6.07, 6.45) is 0.462. The van der Waals surface area contributed by atoms with Gasteiger partial charge in [0.1, 0.15) is 11.9 Å². The summed E-state index contributed by atoms with van der Waals surface area (Å²) >= 11 is 12.6. The summed E-state index contributed by atoms with van der Waals surface area (Å²) in [5, 5.41) is 3.72. The van der Waals surface area contributed by atoms with E-state index in [1.807, 2.05) is 20.8 Å². The van der Waals surface area contributed by atoms with Crippen molar-refractivity contribution in [1.29, 1.82) is 0 Å². The third-order valence-corrected chi connectivity index (χ3v) is 5.18. The van der Waals surface area contributed by atoms with Crippen molar-refractivity contribution < 1.29 is 14.0 Å². The molecular formula is C22H25Cl2FN2O2. The van der Waals surface area contributed by atoms with E-state index in [9.17, 15) is 14.0 Å². The minimum Gasteiger partial charge on any atom is -0.352 e. The Morgan fingerprint density at radius 2 is 1.66 bits per heavy atom. The molecule has 0 heterocycles. The smallest absolute Gasteiger partial charge is 0.243 e. The van der Waals surface area contributed by atoms with E-state index in [2.05, 4.69) is 5.32 Å². The van der Waals surface area contributed by atoms with Gasteiger partial charge in [-0.25, -0.2) is 4.39 Å². The molecule has 0 saturated heterocycles. The molecule has 0 aliphatic carbocycles. The van der Waals surface area contributed by atoms with Gasteiger partial charge in [-0.2, -0.15) is 0 Å². The van der Waals surface area contributed by atoms with Crippen molar-refractivity contribution in [2.24, 2.45) is 0 Å². The Balaban J connectivity index is 2.36. The fraction of sp³-hybridized carbons (Fsp3) is 0.364. The Kier molecular flexibility index (Phi) is 8.47. The molecule has 4 nitrogen and oxygen atoms in total. The van der Waals surface area contributed by atoms with E-state index >= 15 is 0 Å². The van der Waals surface area contributed by atoms with Crippen LogP contribution in [-0.2, 0) is 22.6 Å². The van der Waals surface area contributed by atoms with Gasteiger partial charge in [-0.3, -0.25) is 9.59 Å². The quantitative estimate of drug-likeness (QED) is 0.629. The van der Waals surface area contributed by atoms with Crippen molar-refractivity contribution in [3.63, 3.8) is 0 Å². The molecule has 2 aromatic carbocycles. The molecule has 7 heteroatoms. The van der Waals surface area contributed by atoms with Gasteiger partial charge in [-0.05, 0) is 50.1 Å². The van der Waals surface area contributed by atoms with Gasteiger partial charge in [0, 0.05) is 28.2 Å². The second kappa shape index (κ2) is 10.6. The number of benzene rings is 2. The number of carbonyl (C=O) groups is 2. The van der Waals surface area contributed by atoms with Crippen LogP contribution in [0.3, 0.4) is 0 Å². The lowest BCUT2D eigenvalue weighted by Gasteiger charge is -2.31. The summed E-state index contributed by atoms with van der Waals surface area (Å²) in [6, 6.07) is 10.1. The fourth-order valence-electron chi connectivity index (χ4n) is 3.03. The van der Waals surface area contributed by atoms with E-state index in [0.717, 1.165) is 0 Å². The zero-order valence-corrected chi connectivity index (χ0v) is 18.2. The number of hydrogen-bond donors (Lipinski definition) is 1. The minimum absolute atomic E-state index is 0.0355. The highest BCUT2D eigenvalue weighted by atomic mass is 35.5. The van der Waals surface area contributed by atoms with Crippen LogP contribution >= 0.6 is 23.2 Å². The lowest BCUT2D eigenvalue weighted by Crippen LogP contribution is -2.50.